The lowest BCUT2D eigenvalue weighted by molar-refractivity contribution is -0.168. The van der Waals surface area contributed by atoms with Crippen molar-refractivity contribution in [2.45, 2.75) is 51.7 Å². The fourth-order valence-electron chi connectivity index (χ4n) is 2.67. The molecule has 0 saturated heterocycles. The number of rotatable bonds is 3. The fraction of sp³-hybridized carbons (Fsp3) is 0.867. The molecule has 2 rings (SSSR count). The maximum absolute atomic E-state index is 12.4. The van der Waals surface area contributed by atoms with Crippen molar-refractivity contribution in [2.75, 3.05) is 20.8 Å². The van der Waals surface area contributed by atoms with Crippen LogP contribution in [0.4, 0.5) is 0 Å². The quantitative estimate of drug-likeness (QED) is 0.745. The van der Waals surface area contributed by atoms with Crippen LogP contribution < -0.4 is 0 Å². The molecule has 0 amide bonds. The third-order valence-electron chi connectivity index (χ3n) is 4.73. The molecule has 20 heavy (non-hydrogen) atoms. The Hall–Kier alpha value is -1.10. The van der Waals surface area contributed by atoms with Gasteiger partial charge in [-0.25, -0.2) is 9.79 Å². The molecule has 5 heteroatoms. The summed E-state index contributed by atoms with van der Waals surface area (Å²) < 4.78 is 16.3. The van der Waals surface area contributed by atoms with E-state index >= 15 is 0 Å². The van der Waals surface area contributed by atoms with Crippen molar-refractivity contribution < 1.29 is 19.0 Å². The molecule has 0 aromatic heterocycles. The number of esters is 1. The molecule has 1 aliphatic carbocycles. The molecule has 5 nitrogen and oxygen atoms in total. The summed E-state index contributed by atoms with van der Waals surface area (Å²) >= 11 is 0. The van der Waals surface area contributed by atoms with E-state index in [0.29, 0.717) is 12.5 Å². The number of aliphatic imine (C=N–C) groups is 1. The first-order valence-corrected chi connectivity index (χ1v) is 7.08. The number of carbonyl (C=O) groups is 1. The van der Waals surface area contributed by atoms with Crippen LogP contribution in [-0.4, -0.2) is 43.8 Å². The molecule has 1 fully saturated rings. The van der Waals surface area contributed by atoms with E-state index < -0.39 is 11.1 Å². The van der Waals surface area contributed by atoms with Crippen LogP contribution >= 0.6 is 0 Å². The van der Waals surface area contributed by atoms with E-state index in [4.69, 9.17) is 14.2 Å². The van der Waals surface area contributed by atoms with Crippen LogP contribution in [0.3, 0.4) is 0 Å². The van der Waals surface area contributed by atoms with E-state index in [1.165, 1.54) is 0 Å². The van der Waals surface area contributed by atoms with Crippen LogP contribution in [-0.2, 0) is 19.0 Å². The fourth-order valence-corrected chi connectivity index (χ4v) is 2.67. The molecule has 1 heterocycles. The first-order valence-electron chi connectivity index (χ1n) is 7.08. The summed E-state index contributed by atoms with van der Waals surface area (Å²) in [6.45, 7) is 8.55. The molecular formula is C15H25NO4. The van der Waals surface area contributed by atoms with Gasteiger partial charge in [-0.05, 0) is 19.8 Å². The minimum absolute atomic E-state index is 0.199. The third kappa shape index (κ3) is 2.12. The first kappa shape index (κ1) is 15.3. The topological polar surface area (TPSA) is 57.1 Å². The van der Waals surface area contributed by atoms with Gasteiger partial charge in [-0.15, -0.1) is 0 Å². The van der Waals surface area contributed by atoms with Crippen LogP contribution in [0, 0.1) is 11.3 Å². The Labute approximate surface area is 120 Å². The molecule has 3 atom stereocenters. The van der Waals surface area contributed by atoms with Gasteiger partial charge in [-0.2, -0.15) is 0 Å². The lowest BCUT2D eigenvalue weighted by Crippen LogP contribution is -2.57. The highest BCUT2D eigenvalue weighted by Gasteiger charge is 2.67. The molecule has 0 bridgehead atoms. The molecule has 0 N–H and O–H groups in total. The second-order valence-electron chi connectivity index (χ2n) is 6.90. The molecule has 0 radical (unpaired) electrons. The average Bonchev–Trinajstić information content (AvgIpc) is 3.05. The highest BCUT2D eigenvalue weighted by Crippen LogP contribution is 2.54. The van der Waals surface area contributed by atoms with E-state index in [9.17, 15) is 4.79 Å². The number of cyclic esters (lactones) is 1. The van der Waals surface area contributed by atoms with Gasteiger partial charge in [0, 0.05) is 25.0 Å². The Morgan fingerprint density at radius 2 is 2.05 bits per heavy atom. The number of hydrogen-bond donors (Lipinski definition) is 0. The number of methoxy groups -OCH3 is 2. The van der Waals surface area contributed by atoms with Gasteiger partial charge in [0.05, 0.1) is 7.11 Å². The molecule has 1 saturated carbocycles. The molecule has 0 unspecified atom stereocenters. The first-order chi connectivity index (χ1) is 9.21. The van der Waals surface area contributed by atoms with Crippen LogP contribution in [0.2, 0.25) is 0 Å². The van der Waals surface area contributed by atoms with E-state index in [0.717, 1.165) is 12.8 Å². The van der Waals surface area contributed by atoms with Gasteiger partial charge in [0.1, 0.15) is 0 Å². The Bertz CT molecular complexity index is 440. The average molecular weight is 283 g/mol. The molecule has 0 aromatic carbocycles. The van der Waals surface area contributed by atoms with Crippen molar-refractivity contribution in [1.29, 1.82) is 0 Å². The van der Waals surface area contributed by atoms with E-state index in [-0.39, 0.29) is 17.3 Å². The van der Waals surface area contributed by atoms with Crippen molar-refractivity contribution in [2.24, 2.45) is 16.3 Å². The normalized spacial score (nSPS) is 36.6. The number of hydrogen-bond acceptors (Lipinski definition) is 5. The Kier molecular flexibility index (Phi) is 3.61. The smallest absolute Gasteiger partial charge is 0.335 e. The van der Waals surface area contributed by atoms with Gasteiger partial charge < -0.3 is 14.2 Å². The second kappa shape index (κ2) is 4.72. The number of carbonyl (C=O) groups excluding carboxylic acids is 1. The van der Waals surface area contributed by atoms with Gasteiger partial charge in [0.2, 0.25) is 5.90 Å². The van der Waals surface area contributed by atoms with Gasteiger partial charge in [0.25, 0.3) is 0 Å². The highest BCUT2D eigenvalue weighted by molar-refractivity contribution is 5.98. The standard InChI is InChI=1S/C15H25NO4/c1-13(2,3)14(4)11(19-6)16-15(12(17)20-14)9-10(15)7-8-18-5/h10H,7-9H2,1-6H3/t10-,14-,15+/m1/s1. The summed E-state index contributed by atoms with van der Waals surface area (Å²) in [6, 6.07) is 0. The largest absolute Gasteiger partial charge is 0.481 e. The summed E-state index contributed by atoms with van der Waals surface area (Å²) in [6.07, 6.45) is 1.54. The zero-order chi connectivity index (χ0) is 15.2. The maximum Gasteiger partial charge on any atom is 0.335 e. The predicted octanol–water partition coefficient (Wildman–Crippen LogP) is 2.19. The van der Waals surface area contributed by atoms with Crippen LogP contribution in [0.5, 0.6) is 0 Å². The lowest BCUT2D eigenvalue weighted by Gasteiger charge is -2.44. The summed E-state index contributed by atoms with van der Waals surface area (Å²) in [5.41, 5.74) is -1.83. The van der Waals surface area contributed by atoms with Gasteiger partial charge in [-0.3, -0.25) is 0 Å². The molecule has 114 valence electrons. The van der Waals surface area contributed by atoms with Crippen molar-refractivity contribution in [3.63, 3.8) is 0 Å². The van der Waals surface area contributed by atoms with Crippen molar-refractivity contribution in [3.8, 4) is 0 Å². The molecule has 1 spiro atoms. The molecule has 0 aromatic rings. The molecule has 2 aliphatic rings. The van der Waals surface area contributed by atoms with Gasteiger partial charge in [0.15, 0.2) is 11.1 Å². The predicted molar refractivity (Wildman–Crippen MR) is 75.7 cm³/mol. The summed E-state index contributed by atoms with van der Waals surface area (Å²) in [5.74, 6) is 0.492. The molecule has 1 aliphatic heterocycles. The van der Waals surface area contributed by atoms with Crippen LogP contribution in [0.25, 0.3) is 0 Å². The van der Waals surface area contributed by atoms with E-state index in [1.807, 2.05) is 27.7 Å². The molecular weight excluding hydrogens is 258 g/mol. The second-order valence-corrected chi connectivity index (χ2v) is 6.90. The zero-order valence-corrected chi connectivity index (χ0v) is 13.3. The Morgan fingerprint density at radius 1 is 1.40 bits per heavy atom. The van der Waals surface area contributed by atoms with Crippen molar-refractivity contribution >= 4 is 11.9 Å². The number of nitrogens with zero attached hydrogens (tertiary/aromatic N) is 1. The van der Waals surface area contributed by atoms with Crippen molar-refractivity contribution in [1.82, 2.24) is 0 Å². The monoisotopic (exact) mass is 283 g/mol. The Balaban J connectivity index is 2.30. The zero-order valence-electron chi connectivity index (χ0n) is 13.3. The minimum Gasteiger partial charge on any atom is -0.481 e. The highest BCUT2D eigenvalue weighted by atomic mass is 16.6. The van der Waals surface area contributed by atoms with Crippen LogP contribution in [0.1, 0.15) is 40.5 Å². The van der Waals surface area contributed by atoms with Crippen LogP contribution in [0.15, 0.2) is 4.99 Å². The summed E-state index contributed by atoms with van der Waals surface area (Å²) in [7, 11) is 3.25. The van der Waals surface area contributed by atoms with Gasteiger partial charge >= 0.3 is 5.97 Å². The van der Waals surface area contributed by atoms with E-state index in [1.54, 1.807) is 14.2 Å². The minimum atomic E-state index is -0.821. The van der Waals surface area contributed by atoms with E-state index in [2.05, 4.69) is 4.99 Å². The van der Waals surface area contributed by atoms with Gasteiger partial charge in [-0.1, -0.05) is 20.8 Å². The Morgan fingerprint density at radius 3 is 2.55 bits per heavy atom. The summed E-state index contributed by atoms with van der Waals surface area (Å²) in [4.78, 5) is 17.1. The summed E-state index contributed by atoms with van der Waals surface area (Å²) in [5, 5.41) is 0. The maximum atomic E-state index is 12.4. The van der Waals surface area contributed by atoms with Crippen molar-refractivity contribution in [3.05, 3.63) is 0 Å². The lowest BCUT2D eigenvalue weighted by atomic mass is 9.76. The number of ether oxygens (including phenoxy) is 3. The third-order valence-corrected chi connectivity index (χ3v) is 4.73. The SMILES string of the molecule is COCC[C@@H]1C[C@]12N=C(OC)[C@](C)(C(C)(C)C)OC2=O.